The summed E-state index contributed by atoms with van der Waals surface area (Å²) in [5.41, 5.74) is 1.05. The molecule has 2 N–H and O–H groups in total. The van der Waals surface area contributed by atoms with Gasteiger partial charge in [-0.3, -0.25) is 4.79 Å². The molecule has 0 aliphatic rings. The second-order valence-electron chi connectivity index (χ2n) is 3.40. The Hall–Kier alpha value is -1.14. The van der Waals surface area contributed by atoms with Crippen LogP contribution in [0.1, 0.15) is 19.4 Å². The van der Waals surface area contributed by atoms with E-state index in [-0.39, 0.29) is 5.91 Å². The van der Waals surface area contributed by atoms with Crippen LogP contribution >= 0.6 is 11.8 Å². The van der Waals surface area contributed by atoms with Crippen molar-refractivity contribution in [2.45, 2.75) is 25.5 Å². The third kappa shape index (κ3) is 5.65. The Kier molecular flexibility index (Phi) is 6.57. The Morgan fingerprint density at radius 1 is 1.29 bits per heavy atom. The highest BCUT2D eigenvalue weighted by Gasteiger charge is 2.03. The predicted molar refractivity (Wildman–Crippen MR) is 68.8 cm³/mol. The molecule has 0 atom stereocenters. The van der Waals surface area contributed by atoms with Gasteiger partial charge in [-0.15, -0.1) is 0 Å². The van der Waals surface area contributed by atoms with Crippen LogP contribution < -0.4 is 10.6 Å². The molecule has 1 amide bonds. The molecule has 0 spiro atoms. The van der Waals surface area contributed by atoms with Crippen LogP contribution in [0.4, 0.5) is 0 Å². The summed E-state index contributed by atoms with van der Waals surface area (Å²) in [7, 11) is 0. The number of carbonyl (C=O) groups excluding carboxylic acids is 1. The van der Waals surface area contributed by atoms with Gasteiger partial charge in [0.2, 0.25) is 5.91 Å². The summed E-state index contributed by atoms with van der Waals surface area (Å²) < 4.78 is 0. The van der Waals surface area contributed by atoms with E-state index < -0.39 is 0 Å². The smallest absolute Gasteiger partial charge is 0.230 e. The molecule has 1 aromatic rings. The molecule has 5 nitrogen and oxygen atoms in total. The first kappa shape index (κ1) is 13.9. The molecule has 17 heavy (non-hydrogen) atoms. The molecule has 0 fully saturated rings. The van der Waals surface area contributed by atoms with Crippen LogP contribution in [-0.4, -0.2) is 34.7 Å². The van der Waals surface area contributed by atoms with Crippen molar-refractivity contribution in [3.63, 3.8) is 0 Å². The zero-order valence-corrected chi connectivity index (χ0v) is 11.0. The average molecular weight is 254 g/mol. The molecule has 0 radical (unpaired) electrons. The number of nitrogens with one attached hydrogen (secondary N) is 2. The molecule has 1 rings (SSSR count). The summed E-state index contributed by atoms with van der Waals surface area (Å²) in [6.45, 7) is 6.30. The van der Waals surface area contributed by atoms with Crippen LogP contribution in [-0.2, 0) is 11.3 Å². The molecular weight excluding hydrogens is 236 g/mol. The van der Waals surface area contributed by atoms with Gasteiger partial charge in [-0.2, -0.15) is 0 Å². The Labute approximate surface area is 106 Å². The van der Waals surface area contributed by atoms with Crippen molar-refractivity contribution < 1.29 is 4.79 Å². The van der Waals surface area contributed by atoms with Crippen LogP contribution in [0.15, 0.2) is 17.6 Å². The summed E-state index contributed by atoms with van der Waals surface area (Å²) in [6, 6.07) is 0. The van der Waals surface area contributed by atoms with Gasteiger partial charge in [0.25, 0.3) is 0 Å². The van der Waals surface area contributed by atoms with Crippen molar-refractivity contribution in [2.75, 3.05) is 18.8 Å². The third-order valence-corrected chi connectivity index (χ3v) is 2.84. The van der Waals surface area contributed by atoms with E-state index in [0.29, 0.717) is 17.5 Å². The number of thioether (sulfide) groups is 1. The summed E-state index contributed by atoms with van der Waals surface area (Å²) in [4.78, 5) is 19.6. The molecule has 6 heteroatoms. The fourth-order valence-corrected chi connectivity index (χ4v) is 1.77. The van der Waals surface area contributed by atoms with E-state index in [9.17, 15) is 4.79 Å². The van der Waals surface area contributed by atoms with Gasteiger partial charge < -0.3 is 10.6 Å². The molecule has 0 aliphatic carbocycles. The summed E-state index contributed by atoms with van der Waals surface area (Å²) in [5, 5.41) is 6.57. The number of nitrogens with zero attached hydrogens (tertiary/aromatic N) is 2. The van der Waals surface area contributed by atoms with Crippen molar-refractivity contribution >= 4 is 17.7 Å². The van der Waals surface area contributed by atoms with Gasteiger partial charge in [-0.1, -0.05) is 18.7 Å². The molecule has 0 unspecified atom stereocenters. The van der Waals surface area contributed by atoms with E-state index in [1.165, 1.54) is 11.8 Å². The van der Waals surface area contributed by atoms with Crippen LogP contribution in [0.5, 0.6) is 0 Å². The maximum absolute atomic E-state index is 11.2. The van der Waals surface area contributed by atoms with E-state index >= 15 is 0 Å². The molecule has 0 aromatic carbocycles. The molecular formula is C11H18N4OS. The first-order valence-electron chi connectivity index (χ1n) is 5.67. The molecule has 94 valence electrons. The van der Waals surface area contributed by atoms with Gasteiger partial charge in [0.1, 0.15) is 0 Å². The monoisotopic (exact) mass is 254 g/mol. The Bertz CT molecular complexity index is 342. The number of hydrogen-bond acceptors (Lipinski definition) is 5. The zero-order chi connectivity index (χ0) is 12.5. The highest BCUT2D eigenvalue weighted by atomic mass is 32.2. The highest BCUT2D eigenvalue weighted by molar-refractivity contribution is 7.99. The van der Waals surface area contributed by atoms with E-state index in [2.05, 4.69) is 27.5 Å². The lowest BCUT2D eigenvalue weighted by Crippen LogP contribution is -2.24. The lowest BCUT2D eigenvalue weighted by Gasteiger charge is -2.03. The van der Waals surface area contributed by atoms with E-state index in [4.69, 9.17) is 0 Å². The highest BCUT2D eigenvalue weighted by Crippen LogP contribution is 2.11. The normalized spacial score (nSPS) is 10.2. The van der Waals surface area contributed by atoms with Gasteiger partial charge in [-0.05, 0) is 13.5 Å². The largest absolute Gasteiger partial charge is 0.356 e. The van der Waals surface area contributed by atoms with Crippen molar-refractivity contribution in [2.24, 2.45) is 0 Å². The van der Waals surface area contributed by atoms with Crippen molar-refractivity contribution in [3.8, 4) is 0 Å². The second-order valence-corrected chi connectivity index (χ2v) is 4.34. The lowest BCUT2D eigenvalue weighted by atomic mass is 10.3. The first-order chi connectivity index (χ1) is 8.26. The second kappa shape index (κ2) is 8.03. The number of hydrogen-bond donors (Lipinski definition) is 2. The summed E-state index contributed by atoms with van der Waals surface area (Å²) in [5.74, 6) is 0.373. The fraction of sp³-hybridized carbons (Fsp3) is 0.545. The first-order valence-corrected chi connectivity index (χ1v) is 6.66. The molecule has 0 saturated carbocycles. The van der Waals surface area contributed by atoms with Gasteiger partial charge in [-0.25, -0.2) is 9.97 Å². The summed E-state index contributed by atoms with van der Waals surface area (Å²) >= 11 is 1.35. The Morgan fingerprint density at radius 2 is 2.00 bits per heavy atom. The molecule has 1 heterocycles. The SMILES string of the molecule is CCNCc1cnc(SCC(=O)NCC)nc1. The molecule has 0 aliphatic heterocycles. The quantitative estimate of drug-likeness (QED) is 0.557. The van der Waals surface area contributed by atoms with Gasteiger partial charge >= 0.3 is 0 Å². The van der Waals surface area contributed by atoms with Gasteiger partial charge in [0.15, 0.2) is 5.16 Å². The molecule has 1 aromatic heterocycles. The van der Waals surface area contributed by atoms with Crippen LogP contribution in [0.2, 0.25) is 0 Å². The maximum Gasteiger partial charge on any atom is 0.230 e. The van der Waals surface area contributed by atoms with Crippen LogP contribution in [0.3, 0.4) is 0 Å². The number of aromatic nitrogens is 2. The minimum Gasteiger partial charge on any atom is -0.356 e. The Morgan fingerprint density at radius 3 is 2.59 bits per heavy atom. The predicted octanol–water partition coefficient (Wildman–Crippen LogP) is 0.814. The van der Waals surface area contributed by atoms with Gasteiger partial charge in [0, 0.05) is 31.0 Å². The number of amides is 1. The zero-order valence-electron chi connectivity index (χ0n) is 10.2. The van der Waals surface area contributed by atoms with Crippen molar-refractivity contribution in [1.29, 1.82) is 0 Å². The third-order valence-electron chi connectivity index (χ3n) is 1.97. The molecule has 0 saturated heterocycles. The number of carbonyl (C=O) groups is 1. The lowest BCUT2D eigenvalue weighted by molar-refractivity contribution is -0.118. The minimum absolute atomic E-state index is 0.0119. The van der Waals surface area contributed by atoms with Crippen molar-refractivity contribution in [1.82, 2.24) is 20.6 Å². The van der Waals surface area contributed by atoms with Crippen LogP contribution in [0.25, 0.3) is 0 Å². The Balaban J connectivity index is 2.37. The van der Waals surface area contributed by atoms with E-state index in [0.717, 1.165) is 18.7 Å². The fourth-order valence-electron chi connectivity index (χ4n) is 1.16. The average Bonchev–Trinajstić information content (AvgIpc) is 2.35. The van der Waals surface area contributed by atoms with E-state index in [1.807, 2.05) is 6.92 Å². The standard InChI is InChI=1S/C11H18N4OS/c1-3-12-5-9-6-14-11(15-7-9)17-8-10(16)13-4-2/h6-7,12H,3-5,8H2,1-2H3,(H,13,16). The van der Waals surface area contributed by atoms with Crippen LogP contribution in [0, 0.1) is 0 Å². The number of rotatable bonds is 7. The minimum atomic E-state index is 0.0119. The van der Waals surface area contributed by atoms with Gasteiger partial charge in [0.05, 0.1) is 5.75 Å². The summed E-state index contributed by atoms with van der Waals surface area (Å²) in [6.07, 6.45) is 3.57. The van der Waals surface area contributed by atoms with Crippen molar-refractivity contribution in [3.05, 3.63) is 18.0 Å². The van der Waals surface area contributed by atoms with E-state index in [1.54, 1.807) is 12.4 Å². The molecule has 0 bridgehead atoms. The maximum atomic E-state index is 11.2. The topological polar surface area (TPSA) is 66.9 Å².